The number of hydrogen-bond donors (Lipinski definition) is 3. The molecule has 1 saturated heterocycles. The van der Waals surface area contributed by atoms with Crippen molar-refractivity contribution in [2.45, 2.75) is 38.4 Å². The first-order chi connectivity index (χ1) is 9.65. The van der Waals surface area contributed by atoms with E-state index in [0.29, 0.717) is 18.4 Å². The Kier molecular flexibility index (Phi) is 4.10. The van der Waals surface area contributed by atoms with Gasteiger partial charge in [-0.1, -0.05) is 41.1 Å². The third-order valence-electron chi connectivity index (χ3n) is 4.25. The van der Waals surface area contributed by atoms with Crippen molar-refractivity contribution in [1.29, 1.82) is 0 Å². The van der Waals surface area contributed by atoms with Crippen molar-refractivity contribution >= 4 is 21.8 Å². The molecule has 3 atom stereocenters. The van der Waals surface area contributed by atoms with E-state index in [-0.39, 0.29) is 12.1 Å². The molecule has 1 aliphatic heterocycles. The zero-order valence-electron chi connectivity index (χ0n) is 11.5. The molecule has 1 heterocycles. The van der Waals surface area contributed by atoms with Crippen LogP contribution >= 0.6 is 15.9 Å². The molecule has 0 bridgehead atoms. The minimum Gasteiger partial charge on any atom is -0.339 e. The molecule has 0 radical (unpaired) electrons. The first-order valence-corrected chi connectivity index (χ1v) is 7.98. The maximum Gasteiger partial charge on any atom is 0.225 e. The van der Waals surface area contributed by atoms with Crippen LogP contribution in [0.4, 0.5) is 0 Å². The van der Waals surface area contributed by atoms with Gasteiger partial charge in [-0.15, -0.1) is 0 Å². The Morgan fingerprint density at radius 3 is 2.80 bits per heavy atom. The lowest BCUT2D eigenvalue weighted by Crippen LogP contribution is -2.46. The lowest BCUT2D eigenvalue weighted by molar-refractivity contribution is -0.121. The molecule has 20 heavy (non-hydrogen) atoms. The lowest BCUT2D eigenvalue weighted by atomic mass is 9.97. The van der Waals surface area contributed by atoms with Crippen molar-refractivity contribution in [3.05, 3.63) is 34.3 Å². The van der Waals surface area contributed by atoms with Crippen LogP contribution in [-0.4, -0.2) is 18.1 Å². The molecule has 3 N–H and O–H groups in total. The van der Waals surface area contributed by atoms with Gasteiger partial charge in [-0.05, 0) is 30.4 Å². The standard InChI is InChI=1S/C15H20BrN3O/c1-9-14(10-6-7-10)18-19-15(9)17-13(20)8-11-4-2-3-5-12(11)16/h2-5,9-10,14-15,18-19H,6-8H2,1H3,(H,17,20). The van der Waals surface area contributed by atoms with Gasteiger partial charge in [0.25, 0.3) is 0 Å². The first-order valence-electron chi connectivity index (χ1n) is 7.19. The van der Waals surface area contributed by atoms with Gasteiger partial charge in [0.05, 0.1) is 12.6 Å². The van der Waals surface area contributed by atoms with Gasteiger partial charge in [0.2, 0.25) is 5.91 Å². The number of halogens is 1. The van der Waals surface area contributed by atoms with Crippen LogP contribution in [0.3, 0.4) is 0 Å². The smallest absolute Gasteiger partial charge is 0.225 e. The number of carbonyl (C=O) groups excluding carboxylic acids is 1. The average Bonchev–Trinajstić information content (AvgIpc) is 3.19. The molecule has 5 heteroatoms. The maximum absolute atomic E-state index is 12.2. The Balaban J connectivity index is 1.55. The summed E-state index contributed by atoms with van der Waals surface area (Å²) >= 11 is 3.48. The van der Waals surface area contributed by atoms with Crippen molar-refractivity contribution in [3.8, 4) is 0 Å². The van der Waals surface area contributed by atoms with E-state index < -0.39 is 0 Å². The maximum atomic E-state index is 12.2. The van der Waals surface area contributed by atoms with Crippen LogP contribution in [0.15, 0.2) is 28.7 Å². The van der Waals surface area contributed by atoms with Crippen LogP contribution in [-0.2, 0) is 11.2 Å². The van der Waals surface area contributed by atoms with Crippen molar-refractivity contribution in [2.24, 2.45) is 11.8 Å². The number of rotatable bonds is 4. The normalized spacial score (nSPS) is 29.4. The van der Waals surface area contributed by atoms with E-state index >= 15 is 0 Å². The van der Waals surface area contributed by atoms with E-state index in [2.05, 4.69) is 39.0 Å². The monoisotopic (exact) mass is 337 g/mol. The second-order valence-corrected chi connectivity index (χ2v) is 6.68. The van der Waals surface area contributed by atoms with Crippen LogP contribution in [0.2, 0.25) is 0 Å². The van der Waals surface area contributed by atoms with Crippen molar-refractivity contribution < 1.29 is 4.79 Å². The molecule has 1 aromatic carbocycles. The molecule has 0 spiro atoms. The molecule has 1 aromatic rings. The van der Waals surface area contributed by atoms with Crippen LogP contribution in [0, 0.1) is 11.8 Å². The fourth-order valence-corrected chi connectivity index (χ4v) is 3.29. The summed E-state index contributed by atoms with van der Waals surface area (Å²) in [6.45, 7) is 2.19. The van der Waals surface area contributed by atoms with Gasteiger partial charge in [-0.2, -0.15) is 0 Å². The van der Waals surface area contributed by atoms with Gasteiger partial charge < -0.3 is 5.32 Å². The number of hydrogen-bond acceptors (Lipinski definition) is 3. The zero-order valence-corrected chi connectivity index (χ0v) is 13.1. The largest absolute Gasteiger partial charge is 0.339 e. The van der Waals surface area contributed by atoms with E-state index in [1.807, 2.05) is 24.3 Å². The van der Waals surface area contributed by atoms with Crippen LogP contribution < -0.4 is 16.2 Å². The molecule has 4 nitrogen and oxygen atoms in total. The number of nitrogens with one attached hydrogen (secondary N) is 3. The summed E-state index contributed by atoms with van der Waals surface area (Å²) in [5.41, 5.74) is 7.56. The van der Waals surface area contributed by atoms with Crippen molar-refractivity contribution in [3.63, 3.8) is 0 Å². The van der Waals surface area contributed by atoms with Gasteiger partial charge in [0, 0.05) is 16.4 Å². The van der Waals surface area contributed by atoms with Gasteiger partial charge in [0.15, 0.2) is 0 Å². The number of carbonyl (C=O) groups is 1. The van der Waals surface area contributed by atoms with Crippen LogP contribution in [0.25, 0.3) is 0 Å². The highest BCUT2D eigenvalue weighted by molar-refractivity contribution is 9.10. The number of amides is 1. The summed E-state index contributed by atoms with van der Waals surface area (Å²) in [7, 11) is 0. The first kappa shape index (κ1) is 14.0. The summed E-state index contributed by atoms with van der Waals surface area (Å²) in [6, 6.07) is 8.33. The molecule has 3 unspecified atom stereocenters. The summed E-state index contributed by atoms with van der Waals surface area (Å²) in [5, 5.41) is 3.08. The second-order valence-electron chi connectivity index (χ2n) is 5.82. The molecule has 0 aromatic heterocycles. The van der Waals surface area contributed by atoms with E-state index in [1.165, 1.54) is 12.8 Å². The molecule has 1 amide bonds. The highest BCUT2D eigenvalue weighted by Crippen LogP contribution is 2.37. The SMILES string of the molecule is CC1C(NC(=O)Cc2ccccc2Br)NNC1C1CC1. The predicted molar refractivity (Wildman–Crippen MR) is 81.7 cm³/mol. The van der Waals surface area contributed by atoms with Crippen molar-refractivity contribution in [1.82, 2.24) is 16.2 Å². The molecular weight excluding hydrogens is 318 g/mol. The summed E-state index contributed by atoms with van der Waals surface area (Å²) in [5.74, 6) is 1.26. The summed E-state index contributed by atoms with van der Waals surface area (Å²) in [4.78, 5) is 12.2. The van der Waals surface area contributed by atoms with Gasteiger partial charge in [0.1, 0.15) is 0 Å². The fourth-order valence-electron chi connectivity index (χ4n) is 2.87. The van der Waals surface area contributed by atoms with Crippen LogP contribution in [0.5, 0.6) is 0 Å². The van der Waals surface area contributed by atoms with E-state index in [1.54, 1.807) is 0 Å². The summed E-state index contributed by atoms with van der Waals surface area (Å²) in [6.07, 6.45) is 3.04. The molecule has 108 valence electrons. The third kappa shape index (κ3) is 3.05. The van der Waals surface area contributed by atoms with E-state index in [4.69, 9.17) is 0 Å². The zero-order chi connectivity index (χ0) is 14.1. The third-order valence-corrected chi connectivity index (χ3v) is 5.03. The van der Waals surface area contributed by atoms with E-state index in [9.17, 15) is 4.79 Å². The van der Waals surface area contributed by atoms with Crippen molar-refractivity contribution in [2.75, 3.05) is 0 Å². The highest BCUT2D eigenvalue weighted by Gasteiger charge is 2.42. The van der Waals surface area contributed by atoms with Crippen LogP contribution in [0.1, 0.15) is 25.3 Å². The molecular formula is C15H20BrN3O. The van der Waals surface area contributed by atoms with Gasteiger partial charge in [-0.3, -0.25) is 10.2 Å². The Labute approximate surface area is 127 Å². The van der Waals surface area contributed by atoms with E-state index in [0.717, 1.165) is 16.0 Å². The molecule has 1 saturated carbocycles. The van der Waals surface area contributed by atoms with Gasteiger partial charge >= 0.3 is 0 Å². The fraction of sp³-hybridized carbons (Fsp3) is 0.533. The Bertz CT molecular complexity index is 504. The number of benzene rings is 1. The molecule has 1 aliphatic carbocycles. The Morgan fingerprint density at radius 2 is 2.10 bits per heavy atom. The predicted octanol–water partition coefficient (Wildman–Crippen LogP) is 1.96. The summed E-state index contributed by atoms with van der Waals surface area (Å²) < 4.78 is 0.983. The lowest BCUT2D eigenvalue weighted by Gasteiger charge is -2.19. The molecule has 2 aliphatic rings. The molecule has 3 rings (SSSR count). The quantitative estimate of drug-likeness (QED) is 0.787. The topological polar surface area (TPSA) is 53.2 Å². The highest BCUT2D eigenvalue weighted by atomic mass is 79.9. The molecule has 2 fully saturated rings. The van der Waals surface area contributed by atoms with Gasteiger partial charge in [-0.25, -0.2) is 5.43 Å². The Morgan fingerprint density at radius 1 is 1.35 bits per heavy atom. The minimum absolute atomic E-state index is 0.0237. The average molecular weight is 338 g/mol. The Hall–Kier alpha value is -0.910. The second kappa shape index (κ2) is 5.84. The minimum atomic E-state index is 0.0237. The number of hydrazine groups is 1.